The molecule has 2 aromatic rings. The van der Waals surface area contributed by atoms with Crippen LogP contribution in [0, 0.1) is 0 Å². The zero-order chi connectivity index (χ0) is 21.8. The van der Waals surface area contributed by atoms with Crippen molar-refractivity contribution in [2.24, 2.45) is 10.8 Å². The van der Waals surface area contributed by atoms with E-state index >= 15 is 0 Å². The molecule has 8 nitrogen and oxygen atoms in total. The first-order valence-corrected chi connectivity index (χ1v) is 10.4. The summed E-state index contributed by atoms with van der Waals surface area (Å²) < 4.78 is 0. The normalized spacial score (nSPS) is 18.1. The molecule has 2 aromatic carbocycles. The zero-order valence-electron chi connectivity index (χ0n) is 17.2. The van der Waals surface area contributed by atoms with E-state index in [-0.39, 0.29) is 30.5 Å². The molecule has 3 amide bonds. The number of nitrogens with one attached hydrogen (secondary N) is 1. The fourth-order valence-electron chi connectivity index (χ4n) is 3.89. The molecule has 3 N–H and O–H groups in total. The Bertz CT molecular complexity index is 1010. The molecule has 2 aliphatic heterocycles. The van der Waals surface area contributed by atoms with Crippen molar-refractivity contribution in [3.63, 3.8) is 0 Å². The largest absolute Gasteiger partial charge is 0.368 e. The summed E-state index contributed by atoms with van der Waals surface area (Å²) >= 11 is 0. The lowest BCUT2D eigenvalue weighted by Crippen LogP contribution is -2.39. The highest BCUT2D eigenvalue weighted by Crippen LogP contribution is 2.24. The molecular weight excluding hydrogens is 394 g/mol. The van der Waals surface area contributed by atoms with Crippen LogP contribution in [0.3, 0.4) is 0 Å². The highest BCUT2D eigenvalue weighted by Gasteiger charge is 2.34. The third-order valence-electron chi connectivity index (χ3n) is 5.54. The number of benzene rings is 2. The van der Waals surface area contributed by atoms with Gasteiger partial charge in [-0.2, -0.15) is 5.10 Å². The number of nitrogens with two attached hydrogens (primary N) is 1. The summed E-state index contributed by atoms with van der Waals surface area (Å²) in [6.45, 7) is 1.84. The Labute approximate surface area is 180 Å². The molecule has 2 heterocycles. The lowest BCUT2D eigenvalue weighted by molar-refractivity contribution is -0.119. The van der Waals surface area contributed by atoms with E-state index in [2.05, 4.69) is 10.4 Å². The molecular formula is C23H25N5O3. The van der Waals surface area contributed by atoms with Gasteiger partial charge < -0.3 is 16.0 Å². The minimum Gasteiger partial charge on any atom is -0.368 e. The summed E-state index contributed by atoms with van der Waals surface area (Å²) in [6, 6.07) is 15.7. The van der Waals surface area contributed by atoms with Crippen LogP contribution in [0.5, 0.6) is 0 Å². The Morgan fingerprint density at radius 2 is 1.77 bits per heavy atom. The Hall–Kier alpha value is -3.68. The van der Waals surface area contributed by atoms with Crippen molar-refractivity contribution in [2.45, 2.75) is 31.8 Å². The first-order chi connectivity index (χ1) is 15.0. The number of hydrazone groups is 1. The summed E-state index contributed by atoms with van der Waals surface area (Å²) in [6.07, 6.45) is 2.22. The molecule has 1 unspecified atom stereocenters. The Kier molecular flexibility index (Phi) is 5.97. The lowest BCUT2D eigenvalue weighted by Gasteiger charge is -2.20. The first kappa shape index (κ1) is 20.6. The van der Waals surface area contributed by atoms with Gasteiger partial charge in [0.25, 0.3) is 11.8 Å². The number of nitrogens with zero attached hydrogens (tertiary/aromatic N) is 3. The predicted octanol–water partition coefficient (Wildman–Crippen LogP) is 1.66. The van der Waals surface area contributed by atoms with Crippen LogP contribution in [-0.2, 0) is 16.1 Å². The van der Waals surface area contributed by atoms with Gasteiger partial charge in [0.2, 0.25) is 5.91 Å². The van der Waals surface area contributed by atoms with Gasteiger partial charge in [0.05, 0.1) is 5.69 Å². The van der Waals surface area contributed by atoms with Crippen LogP contribution in [0.15, 0.2) is 59.7 Å². The summed E-state index contributed by atoms with van der Waals surface area (Å²) in [5.74, 6) is -0.877. The molecule has 1 atom stereocenters. The van der Waals surface area contributed by atoms with Gasteiger partial charge in [0.1, 0.15) is 11.8 Å². The van der Waals surface area contributed by atoms with E-state index in [1.807, 2.05) is 47.4 Å². The summed E-state index contributed by atoms with van der Waals surface area (Å²) in [7, 11) is 0. The molecule has 2 aliphatic rings. The monoisotopic (exact) mass is 419 g/mol. The van der Waals surface area contributed by atoms with Crippen molar-refractivity contribution < 1.29 is 14.4 Å². The lowest BCUT2D eigenvalue weighted by atomic mass is 10.1. The smallest absolute Gasteiger partial charge is 0.267 e. The SMILES string of the molecule is NC(=O)C1CC(C(=O)NCc2cccc(C(=O)N3CCCC3)c2)=NN1c1ccccc1. The van der Waals surface area contributed by atoms with Crippen molar-refractivity contribution in [3.8, 4) is 0 Å². The number of carbonyl (C=O) groups is 3. The number of amides is 3. The maximum Gasteiger partial charge on any atom is 0.267 e. The number of hydrogen-bond acceptors (Lipinski definition) is 5. The number of hydrogen-bond donors (Lipinski definition) is 2. The van der Waals surface area contributed by atoms with E-state index < -0.39 is 11.9 Å². The molecule has 0 saturated carbocycles. The van der Waals surface area contributed by atoms with Gasteiger partial charge in [-0.25, -0.2) is 0 Å². The number of likely N-dealkylation sites (tertiary alicyclic amines) is 1. The number of rotatable bonds is 6. The molecule has 1 saturated heterocycles. The first-order valence-electron chi connectivity index (χ1n) is 10.4. The molecule has 0 radical (unpaired) electrons. The van der Waals surface area contributed by atoms with Crippen LogP contribution in [-0.4, -0.2) is 47.5 Å². The molecule has 160 valence electrons. The van der Waals surface area contributed by atoms with Gasteiger partial charge in [-0.05, 0) is 42.7 Å². The van der Waals surface area contributed by atoms with Crippen LogP contribution in [0.4, 0.5) is 5.69 Å². The van der Waals surface area contributed by atoms with E-state index in [1.165, 1.54) is 5.01 Å². The van der Waals surface area contributed by atoms with Crippen molar-refractivity contribution in [1.82, 2.24) is 10.2 Å². The number of carbonyl (C=O) groups excluding carboxylic acids is 3. The number of primary amides is 1. The average Bonchev–Trinajstić information content (AvgIpc) is 3.48. The standard InChI is InChI=1S/C23H25N5O3/c24-21(29)20-14-19(26-28(20)18-9-2-1-3-10-18)22(30)25-15-16-7-6-8-17(13-16)23(31)27-11-4-5-12-27/h1-3,6-10,13,20H,4-5,11-12,14-15H2,(H2,24,29)(H,25,30). The topological polar surface area (TPSA) is 108 Å². The highest BCUT2D eigenvalue weighted by molar-refractivity contribution is 6.40. The quantitative estimate of drug-likeness (QED) is 0.742. The van der Waals surface area contributed by atoms with Crippen LogP contribution in [0.25, 0.3) is 0 Å². The molecule has 0 aromatic heterocycles. The maximum absolute atomic E-state index is 12.7. The molecule has 8 heteroatoms. The third kappa shape index (κ3) is 4.58. The second kappa shape index (κ2) is 8.99. The molecule has 0 aliphatic carbocycles. The van der Waals surface area contributed by atoms with Crippen LogP contribution in [0.1, 0.15) is 35.2 Å². The number of para-hydroxylation sites is 1. The summed E-state index contributed by atoms with van der Waals surface area (Å²) in [5, 5.41) is 8.67. The van der Waals surface area contributed by atoms with Crippen LogP contribution < -0.4 is 16.1 Å². The van der Waals surface area contributed by atoms with Gasteiger partial charge in [-0.15, -0.1) is 0 Å². The highest BCUT2D eigenvalue weighted by atomic mass is 16.2. The van der Waals surface area contributed by atoms with E-state index in [0.29, 0.717) is 11.3 Å². The molecule has 0 bridgehead atoms. The van der Waals surface area contributed by atoms with Gasteiger partial charge in [-0.1, -0.05) is 30.3 Å². The van der Waals surface area contributed by atoms with Gasteiger partial charge >= 0.3 is 0 Å². The van der Waals surface area contributed by atoms with Gasteiger partial charge in [-0.3, -0.25) is 19.4 Å². The van der Waals surface area contributed by atoms with Crippen LogP contribution >= 0.6 is 0 Å². The maximum atomic E-state index is 12.7. The second-order valence-electron chi connectivity index (χ2n) is 7.73. The molecule has 31 heavy (non-hydrogen) atoms. The van der Waals surface area contributed by atoms with Gasteiger partial charge in [0, 0.05) is 31.6 Å². The van der Waals surface area contributed by atoms with Crippen molar-refractivity contribution >= 4 is 29.1 Å². The minimum absolute atomic E-state index is 0.0219. The molecule has 0 spiro atoms. The second-order valence-corrected chi connectivity index (χ2v) is 7.73. The van der Waals surface area contributed by atoms with Crippen LogP contribution in [0.2, 0.25) is 0 Å². The molecule has 4 rings (SSSR count). The third-order valence-corrected chi connectivity index (χ3v) is 5.54. The summed E-state index contributed by atoms with van der Waals surface area (Å²) in [5.41, 5.74) is 7.92. The fourth-order valence-corrected chi connectivity index (χ4v) is 3.89. The molecule has 1 fully saturated rings. The number of anilines is 1. The minimum atomic E-state index is -0.704. The fraction of sp³-hybridized carbons (Fsp3) is 0.304. The van der Waals surface area contributed by atoms with E-state index in [9.17, 15) is 14.4 Å². The van der Waals surface area contributed by atoms with Crippen molar-refractivity contribution in [3.05, 3.63) is 65.7 Å². The van der Waals surface area contributed by atoms with E-state index in [4.69, 9.17) is 5.73 Å². The van der Waals surface area contributed by atoms with E-state index in [1.54, 1.807) is 12.1 Å². The van der Waals surface area contributed by atoms with E-state index in [0.717, 1.165) is 31.5 Å². The van der Waals surface area contributed by atoms with Crippen molar-refractivity contribution in [2.75, 3.05) is 18.1 Å². The summed E-state index contributed by atoms with van der Waals surface area (Å²) in [4.78, 5) is 39.0. The Morgan fingerprint density at radius 3 is 2.48 bits per heavy atom. The average molecular weight is 419 g/mol. The Balaban J connectivity index is 1.42. The van der Waals surface area contributed by atoms with Gasteiger partial charge in [0.15, 0.2) is 0 Å². The predicted molar refractivity (Wildman–Crippen MR) is 117 cm³/mol. The van der Waals surface area contributed by atoms with Crippen molar-refractivity contribution in [1.29, 1.82) is 0 Å². The zero-order valence-corrected chi connectivity index (χ0v) is 17.2. The Morgan fingerprint density at radius 1 is 1.03 bits per heavy atom.